The third kappa shape index (κ3) is 2.27. The number of carbonyl (C=O) groups excluding carboxylic acids is 1. The van der Waals surface area contributed by atoms with Gasteiger partial charge in [-0.2, -0.15) is 0 Å². The van der Waals surface area contributed by atoms with Gasteiger partial charge in [-0.05, 0) is 30.4 Å². The number of amides is 1. The minimum atomic E-state index is -0.688. The number of rotatable bonds is 3. The summed E-state index contributed by atoms with van der Waals surface area (Å²) in [6.45, 7) is 5.46. The van der Waals surface area contributed by atoms with Gasteiger partial charge in [-0.1, -0.05) is 38.1 Å². The smallest absolute Gasteiger partial charge is 0.242 e. The van der Waals surface area contributed by atoms with Crippen LogP contribution < -0.4 is 5.73 Å². The Balaban J connectivity index is 2.16. The predicted molar refractivity (Wildman–Crippen MR) is 73.1 cm³/mol. The largest absolute Gasteiger partial charge is 0.336 e. The van der Waals surface area contributed by atoms with Crippen LogP contribution >= 0.6 is 0 Å². The Kier molecular flexibility index (Phi) is 3.71. The Labute approximate surface area is 109 Å². The zero-order valence-electron chi connectivity index (χ0n) is 11.3. The van der Waals surface area contributed by atoms with Gasteiger partial charge in [-0.3, -0.25) is 4.79 Å². The Morgan fingerprint density at radius 2 is 1.89 bits per heavy atom. The number of hydrogen-bond acceptors (Lipinski definition) is 2. The highest BCUT2D eigenvalue weighted by Crippen LogP contribution is 2.22. The normalized spacial score (nSPS) is 15.4. The van der Waals surface area contributed by atoms with Crippen molar-refractivity contribution in [3.8, 4) is 0 Å². The molecule has 2 N–H and O–H groups in total. The lowest BCUT2D eigenvalue weighted by Gasteiger charge is -2.36. The van der Waals surface area contributed by atoms with Crippen molar-refractivity contribution in [2.75, 3.05) is 6.54 Å². The summed E-state index contributed by atoms with van der Waals surface area (Å²) in [5.74, 6) is 0.0991. The number of nitrogens with two attached hydrogens (primary N) is 1. The van der Waals surface area contributed by atoms with Crippen LogP contribution in [0.2, 0.25) is 0 Å². The summed E-state index contributed by atoms with van der Waals surface area (Å²) in [6.07, 6.45) is 2.33. The summed E-state index contributed by atoms with van der Waals surface area (Å²) in [6, 6.07) is 8.33. The highest BCUT2D eigenvalue weighted by molar-refractivity contribution is 5.86. The summed E-state index contributed by atoms with van der Waals surface area (Å²) >= 11 is 0. The molecule has 0 saturated heterocycles. The third-order valence-electron chi connectivity index (χ3n) is 4.11. The molecule has 1 aliphatic rings. The van der Waals surface area contributed by atoms with Crippen LogP contribution in [0.4, 0.5) is 0 Å². The Bertz CT molecular complexity index is 438. The third-order valence-corrected chi connectivity index (χ3v) is 4.11. The van der Waals surface area contributed by atoms with Crippen LogP contribution in [-0.2, 0) is 17.8 Å². The summed E-state index contributed by atoms with van der Waals surface area (Å²) in [4.78, 5) is 14.4. The maximum atomic E-state index is 12.5. The first-order chi connectivity index (χ1) is 8.60. The molecular formula is C15H22N2O. The van der Waals surface area contributed by atoms with Crippen molar-refractivity contribution in [1.29, 1.82) is 0 Å². The molecular weight excluding hydrogens is 224 g/mol. The maximum absolute atomic E-state index is 12.5. The summed E-state index contributed by atoms with van der Waals surface area (Å²) < 4.78 is 0. The molecule has 1 aromatic carbocycles. The van der Waals surface area contributed by atoms with Crippen molar-refractivity contribution in [2.24, 2.45) is 5.73 Å². The zero-order valence-corrected chi connectivity index (χ0v) is 11.3. The molecule has 0 saturated carbocycles. The molecule has 1 aliphatic heterocycles. The highest BCUT2D eigenvalue weighted by atomic mass is 16.2. The van der Waals surface area contributed by atoms with Gasteiger partial charge >= 0.3 is 0 Å². The number of hydrogen-bond donors (Lipinski definition) is 1. The quantitative estimate of drug-likeness (QED) is 0.887. The SMILES string of the molecule is CCC(N)(CC)C(=O)N1CCc2ccccc2C1. The van der Waals surface area contributed by atoms with Crippen molar-refractivity contribution in [3.63, 3.8) is 0 Å². The summed E-state index contributed by atoms with van der Waals surface area (Å²) in [7, 11) is 0. The number of fused-ring (bicyclic) bond motifs is 1. The van der Waals surface area contributed by atoms with Crippen molar-refractivity contribution >= 4 is 5.91 Å². The molecule has 0 spiro atoms. The van der Waals surface area contributed by atoms with Gasteiger partial charge in [-0.15, -0.1) is 0 Å². The van der Waals surface area contributed by atoms with E-state index < -0.39 is 5.54 Å². The van der Waals surface area contributed by atoms with Crippen molar-refractivity contribution in [1.82, 2.24) is 4.90 Å². The van der Waals surface area contributed by atoms with E-state index in [1.165, 1.54) is 11.1 Å². The Morgan fingerprint density at radius 3 is 2.50 bits per heavy atom. The van der Waals surface area contributed by atoms with Gasteiger partial charge in [0, 0.05) is 13.1 Å². The average molecular weight is 246 g/mol. The molecule has 3 heteroatoms. The van der Waals surface area contributed by atoms with E-state index in [1.54, 1.807) is 0 Å². The van der Waals surface area contributed by atoms with Crippen molar-refractivity contribution < 1.29 is 4.79 Å². The first-order valence-corrected chi connectivity index (χ1v) is 6.75. The van der Waals surface area contributed by atoms with Crippen molar-refractivity contribution in [3.05, 3.63) is 35.4 Å². The van der Waals surface area contributed by atoms with Crippen LogP contribution in [0.5, 0.6) is 0 Å². The molecule has 98 valence electrons. The molecule has 0 aromatic heterocycles. The second-order valence-corrected chi connectivity index (χ2v) is 5.11. The molecule has 0 aliphatic carbocycles. The lowest BCUT2D eigenvalue weighted by Crippen LogP contribution is -2.55. The molecule has 0 radical (unpaired) electrons. The van der Waals surface area contributed by atoms with Crippen LogP contribution in [0.3, 0.4) is 0 Å². The molecule has 0 unspecified atom stereocenters. The van der Waals surface area contributed by atoms with Crippen LogP contribution in [0.25, 0.3) is 0 Å². The van der Waals surface area contributed by atoms with Crippen molar-refractivity contribution in [2.45, 2.75) is 45.2 Å². The zero-order chi connectivity index (χ0) is 13.2. The molecule has 3 nitrogen and oxygen atoms in total. The second-order valence-electron chi connectivity index (χ2n) is 5.11. The fourth-order valence-corrected chi connectivity index (χ4v) is 2.54. The van der Waals surface area contributed by atoms with E-state index in [0.29, 0.717) is 19.4 Å². The Morgan fingerprint density at radius 1 is 1.28 bits per heavy atom. The molecule has 0 bridgehead atoms. The van der Waals surface area contributed by atoms with Crippen LogP contribution in [0.1, 0.15) is 37.8 Å². The van der Waals surface area contributed by atoms with E-state index in [2.05, 4.69) is 18.2 Å². The Hall–Kier alpha value is -1.35. The van der Waals surface area contributed by atoms with Crippen LogP contribution in [0.15, 0.2) is 24.3 Å². The van der Waals surface area contributed by atoms with Crippen LogP contribution in [-0.4, -0.2) is 22.9 Å². The van der Waals surface area contributed by atoms with E-state index in [4.69, 9.17) is 5.73 Å². The standard InChI is InChI=1S/C15H22N2O/c1-3-15(16,4-2)14(18)17-10-9-12-7-5-6-8-13(12)11-17/h5-8H,3-4,9-11,16H2,1-2H3. The molecule has 0 fully saturated rings. The molecule has 18 heavy (non-hydrogen) atoms. The lowest BCUT2D eigenvalue weighted by atomic mass is 9.90. The van der Waals surface area contributed by atoms with E-state index in [9.17, 15) is 4.79 Å². The highest BCUT2D eigenvalue weighted by Gasteiger charge is 2.35. The van der Waals surface area contributed by atoms with Gasteiger partial charge < -0.3 is 10.6 Å². The van der Waals surface area contributed by atoms with Gasteiger partial charge in [0.15, 0.2) is 0 Å². The van der Waals surface area contributed by atoms with E-state index in [0.717, 1.165) is 13.0 Å². The fraction of sp³-hybridized carbons (Fsp3) is 0.533. The minimum absolute atomic E-state index is 0.0991. The fourth-order valence-electron chi connectivity index (χ4n) is 2.54. The molecule has 0 atom stereocenters. The van der Waals surface area contributed by atoms with Gasteiger partial charge in [-0.25, -0.2) is 0 Å². The van der Waals surface area contributed by atoms with Crippen LogP contribution in [0, 0.1) is 0 Å². The van der Waals surface area contributed by atoms with E-state index >= 15 is 0 Å². The van der Waals surface area contributed by atoms with Gasteiger partial charge in [0.25, 0.3) is 0 Å². The second kappa shape index (κ2) is 5.11. The molecule has 2 rings (SSSR count). The molecule has 1 amide bonds. The molecule has 1 aromatic rings. The van der Waals surface area contributed by atoms with Gasteiger partial charge in [0.05, 0.1) is 5.54 Å². The average Bonchev–Trinajstić information content (AvgIpc) is 2.45. The lowest BCUT2D eigenvalue weighted by molar-refractivity contribution is -0.138. The maximum Gasteiger partial charge on any atom is 0.242 e. The van der Waals surface area contributed by atoms with Gasteiger partial charge in [0.2, 0.25) is 5.91 Å². The monoisotopic (exact) mass is 246 g/mol. The summed E-state index contributed by atoms with van der Waals surface area (Å²) in [5, 5.41) is 0. The number of nitrogens with zero attached hydrogens (tertiary/aromatic N) is 1. The topological polar surface area (TPSA) is 46.3 Å². The first-order valence-electron chi connectivity index (χ1n) is 6.75. The predicted octanol–water partition coefficient (Wildman–Crippen LogP) is 2.09. The first kappa shape index (κ1) is 13.1. The number of benzene rings is 1. The van der Waals surface area contributed by atoms with Gasteiger partial charge in [0.1, 0.15) is 0 Å². The number of carbonyl (C=O) groups is 1. The summed E-state index contributed by atoms with van der Waals surface area (Å²) in [5.41, 5.74) is 8.13. The minimum Gasteiger partial charge on any atom is -0.336 e. The van der Waals surface area contributed by atoms with E-state index in [-0.39, 0.29) is 5.91 Å². The van der Waals surface area contributed by atoms with E-state index in [1.807, 2.05) is 24.8 Å². The molecule has 1 heterocycles.